The van der Waals surface area contributed by atoms with Gasteiger partial charge in [0.2, 0.25) is 5.91 Å². The lowest BCUT2D eigenvalue weighted by Gasteiger charge is -2.11. The van der Waals surface area contributed by atoms with Crippen LogP contribution in [0.15, 0.2) is 48.5 Å². The van der Waals surface area contributed by atoms with Crippen LogP contribution in [0.3, 0.4) is 0 Å². The molecular weight excluding hydrogens is 342 g/mol. The smallest absolute Gasteiger partial charge is 0.329 e. The van der Waals surface area contributed by atoms with E-state index in [1.807, 2.05) is 0 Å². The van der Waals surface area contributed by atoms with E-state index in [-0.39, 0.29) is 11.4 Å². The van der Waals surface area contributed by atoms with Crippen LogP contribution in [0.5, 0.6) is 0 Å². The lowest BCUT2D eigenvalue weighted by Crippen LogP contribution is -2.35. The quantitative estimate of drug-likeness (QED) is 0.734. The fourth-order valence-electron chi connectivity index (χ4n) is 1.88. The molecule has 0 saturated heterocycles. The molecule has 0 atom stereocenters. The van der Waals surface area contributed by atoms with E-state index in [2.05, 4.69) is 16.0 Å². The second kappa shape index (κ2) is 7.65. The number of carbonyl (C=O) groups is 2. The Labute approximate surface area is 140 Å². The summed E-state index contributed by atoms with van der Waals surface area (Å²) in [7, 11) is 0. The van der Waals surface area contributed by atoms with E-state index in [1.54, 1.807) is 0 Å². The molecular formula is C16H13F4N3O2. The highest BCUT2D eigenvalue weighted by molar-refractivity contribution is 5.96. The van der Waals surface area contributed by atoms with Gasteiger partial charge in [0, 0.05) is 11.4 Å². The van der Waals surface area contributed by atoms with Crippen LogP contribution in [0, 0.1) is 5.82 Å². The zero-order chi connectivity index (χ0) is 18.4. The molecule has 0 unspecified atom stereocenters. The summed E-state index contributed by atoms with van der Waals surface area (Å²) in [5.41, 5.74) is -0.767. The van der Waals surface area contributed by atoms with Gasteiger partial charge in [-0.15, -0.1) is 0 Å². The fraction of sp³-hybridized carbons (Fsp3) is 0.125. The molecule has 2 aromatic rings. The molecule has 0 bridgehead atoms. The third-order valence-electron chi connectivity index (χ3n) is 2.97. The molecule has 9 heteroatoms. The first-order valence-corrected chi connectivity index (χ1v) is 7.01. The van der Waals surface area contributed by atoms with Gasteiger partial charge in [-0.3, -0.25) is 4.79 Å². The summed E-state index contributed by atoms with van der Waals surface area (Å²) in [5, 5.41) is 6.74. The molecule has 0 radical (unpaired) electrons. The Morgan fingerprint density at radius 3 is 2.20 bits per heavy atom. The number of hydrogen-bond donors (Lipinski definition) is 3. The Bertz CT molecular complexity index is 778. The molecule has 0 heterocycles. The number of anilines is 2. The molecule has 3 N–H and O–H groups in total. The monoisotopic (exact) mass is 355 g/mol. The van der Waals surface area contributed by atoms with Gasteiger partial charge >= 0.3 is 12.2 Å². The SMILES string of the molecule is O=C(CNC(=O)Nc1cccc(C(F)(F)F)c1)Nc1cccc(F)c1. The van der Waals surface area contributed by atoms with Gasteiger partial charge in [0.15, 0.2) is 0 Å². The Kier molecular flexibility index (Phi) is 5.58. The summed E-state index contributed by atoms with van der Waals surface area (Å²) in [5.74, 6) is -1.15. The van der Waals surface area contributed by atoms with Crippen LogP contribution in [0.25, 0.3) is 0 Å². The Morgan fingerprint density at radius 1 is 0.920 bits per heavy atom. The number of amides is 3. The molecule has 0 aliphatic heterocycles. The molecule has 0 spiro atoms. The molecule has 132 valence electrons. The topological polar surface area (TPSA) is 70.2 Å². The van der Waals surface area contributed by atoms with Crippen molar-refractivity contribution < 1.29 is 27.2 Å². The van der Waals surface area contributed by atoms with Gasteiger partial charge in [-0.1, -0.05) is 12.1 Å². The van der Waals surface area contributed by atoms with Gasteiger partial charge in [-0.05, 0) is 36.4 Å². The molecule has 2 aromatic carbocycles. The van der Waals surface area contributed by atoms with Gasteiger partial charge in [0.05, 0.1) is 12.1 Å². The molecule has 0 fully saturated rings. The van der Waals surface area contributed by atoms with E-state index in [9.17, 15) is 27.2 Å². The molecule has 2 rings (SSSR count). The zero-order valence-electron chi connectivity index (χ0n) is 12.7. The third kappa shape index (κ3) is 5.79. The van der Waals surface area contributed by atoms with Gasteiger partial charge in [-0.2, -0.15) is 13.2 Å². The van der Waals surface area contributed by atoms with Crippen molar-refractivity contribution in [2.75, 3.05) is 17.2 Å². The van der Waals surface area contributed by atoms with Crippen LogP contribution in [0.1, 0.15) is 5.56 Å². The van der Waals surface area contributed by atoms with Gasteiger partial charge < -0.3 is 16.0 Å². The molecule has 0 aliphatic rings. The molecule has 0 saturated carbocycles. The largest absolute Gasteiger partial charge is 0.416 e. The number of benzene rings is 2. The maximum atomic E-state index is 13.0. The van der Waals surface area contributed by atoms with E-state index in [0.29, 0.717) is 0 Å². The van der Waals surface area contributed by atoms with Crippen LogP contribution >= 0.6 is 0 Å². The number of alkyl halides is 3. The molecule has 3 amide bonds. The average molecular weight is 355 g/mol. The lowest BCUT2D eigenvalue weighted by atomic mass is 10.2. The third-order valence-corrected chi connectivity index (χ3v) is 2.97. The summed E-state index contributed by atoms with van der Waals surface area (Å²) in [4.78, 5) is 23.3. The van der Waals surface area contributed by atoms with Crippen molar-refractivity contribution in [3.8, 4) is 0 Å². The predicted molar refractivity (Wildman–Crippen MR) is 83.5 cm³/mol. The van der Waals surface area contributed by atoms with Gasteiger partial charge in [0.25, 0.3) is 0 Å². The van der Waals surface area contributed by atoms with Crippen molar-refractivity contribution in [1.29, 1.82) is 0 Å². The highest BCUT2D eigenvalue weighted by atomic mass is 19.4. The Morgan fingerprint density at radius 2 is 1.56 bits per heavy atom. The fourth-order valence-corrected chi connectivity index (χ4v) is 1.88. The standard InChI is InChI=1S/C16H13F4N3O2/c17-11-4-2-6-13(8-11)22-14(24)9-21-15(25)23-12-5-1-3-10(7-12)16(18,19)20/h1-8H,9H2,(H,22,24)(H2,21,23,25). The second-order valence-electron chi connectivity index (χ2n) is 4.94. The van der Waals surface area contributed by atoms with E-state index in [0.717, 1.165) is 24.3 Å². The van der Waals surface area contributed by atoms with E-state index in [1.165, 1.54) is 24.3 Å². The number of hydrogen-bond acceptors (Lipinski definition) is 2. The van der Waals surface area contributed by atoms with Gasteiger partial charge in [-0.25, -0.2) is 9.18 Å². The van der Waals surface area contributed by atoms with Crippen LogP contribution in [-0.2, 0) is 11.0 Å². The van der Waals surface area contributed by atoms with Crippen molar-refractivity contribution in [2.24, 2.45) is 0 Å². The highest BCUT2D eigenvalue weighted by Crippen LogP contribution is 2.30. The molecule has 25 heavy (non-hydrogen) atoms. The lowest BCUT2D eigenvalue weighted by molar-refractivity contribution is -0.137. The first-order chi connectivity index (χ1) is 11.7. The van der Waals surface area contributed by atoms with Crippen LogP contribution in [0.2, 0.25) is 0 Å². The first kappa shape index (κ1) is 18.2. The van der Waals surface area contributed by atoms with Crippen LogP contribution in [-0.4, -0.2) is 18.5 Å². The predicted octanol–water partition coefficient (Wildman–Crippen LogP) is 3.60. The number of rotatable bonds is 4. The van der Waals surface area contributed by atoms with E-state index in [4.69, 9.17) is 0 Å². The highest BCUT2D eigenvalue weighted by Gasteiger charge is 2.30. The second-order valence-corrected chi connectivity index (χ2v) is 4.94. The van der Waals surface area contributed by atoms with Crippen molar-refractivity contribution >= 4 is 23.3 Å². The summed E-state index contributed by atoms with van der Waals surface area (Å²) < 4.78 is 50.7. The van der Waals surface area contributed by atoms with E-state index < -0.39 is 36.0 Å². The first-order valence-electron chi connectivity index (χ1n) is 7.01. The summed E-state index contributed by atoms with van der Waals surface area (Å²) in [6.45, 7) is -0.443. The van der Waals surface area contributed by atoms with Crippen molar-refractivity contribution in [1.82, 2.24) is 5.32 Å². The van der Waals surface area contributed by atoms with Crippen LogP contribution in [0.4, 0.5) is 33.7 Å². The van der Waals surface area contributed by atoms with Crippen LogP contribution < -0.4 is 16.0 Å². The Balaban J connectivity index is 1.85. The summed E-state index contributed by atoms with van der Waals surface area (Å²) >= 11 is 0. The summed E-state index contributed by atoms with van der Waals surface area (Å²) in [6, 6.07) is 8.38. The number of halogens is 4. The minimum Gasteiger partial charge on any atom is -0.329 e. The number of carbonyl (C=O) groups excluding carboxylic acids is 2. The number of nitrogens with one attached hydrogen (secondary N) is 3. The summed E-state index contributed by atoms with van der Waals surface area (Å²) in [6.07, 6.45) is -4.53. The molecule has 0 aromatic heterocycles. The normalized spacial score (nSPS) is 10.9. The van der Waals surface area contributed by atoms with Crippen molar-refractivity contribution in [3.05, 3.63) is 59.9 Å². The molecule has 0 aliphatic carbocycles. The van der Waals surface area contributed by atoms with E-state index >= 15 is 0 Å². The Hall–Kier alpha value is -3.10. The maximum absolute atomic E-state index is 13.0. The minimum atomic E-state index is -4.53. The number of urea groups is 1. The van der Waals surface area contributed by atoms with Gasteiger partial charge in [0.1, 0.15) is 5.82 Å². The van der Waals surface area contributed by atoms with Crippen molar-refractivity contribution in [2.45, 2.75) is 6.18 Å². The zero-order valence-corrected chi connectivity index (χ0v) is 12.7. The maximum Gasteiger partial charge on any atom is 0.416 e. The van der Waals surface area contributed by atoms with Crippen molar-refractivity contribution in [3.63, 3.8) is 0 Å². The average Bonchev–Trinajstić information content (AvgIpc) is 2.52. The minimum absolute atomic E-state index is 0.0714. The molecule has 5 nitrogen and oxygen atoms in total.